The molecule has 0 unspecified atom stereocenters. The van der Waals surface area contributed by atoms with Crippen LogP contribution in [0.3, 0.4) is 0 Å². The number of methoxy groups -OCH3 is 1. The lowest BCUT2D eigenvalue weighted by Gasteiger charge is -2.46. The molecule has 0 aromatic rings. The van der Waals surface area contributed by atoms with E-state index in [9.17, 15) is 14.4 Å². The van der Waals surface area contributed by atoms with Crippen molar-refractivity contribution in [3.05, 3.63) is 24.3 Å². The van der Waals surface area contributed by atoms with Gasteiger partial charge in [0.05, 0.1) is 24.6 Å². The fraction of sp³-hybridized carbons (Fsp3) is 0.720. The molecule has 0 spiro atoms. The fourth-order valence-electron chi connectivity index (χ4n) is 4.60. The number of hydrogen-bond donors (Lipinski definition) is 1. The highest BCUT2D eigenvalue weighted by molar-refractivity contribution is 6.48. The topological polar surface area (TPSA) is 94.2 Å². The van der Waals surface area contributed by atoms with E-state index in [4.69, 9.17) is 13.9 Å². The van der Waals surface area contributed by atoms with Gasteiger partial charge in [-0.25, -0.2) is 4.79 Å². The Hall–Kier alpha value is -1.97. The van der Waals surface area contributed by atoms with Crippen LogP contribution in [0.5, 0.6) is 0 Å². The van der Waals surface area contributed by atoms with Gasteiger partial charge in [0.2, 0.25) is 5.91 Å². The van der Waals surface area contributed by atoms with Gasteiger partial charge in [-0.05, 0) is 43.3 Å². The Bertz CT molecular complexity index is 791. The van der Waals surface area contributed by atoms with Crippen LogP contribution in [0.1, 0.15) is 40.5 Å². The number of nitrogens with one attached hydrogen (secondary N) is 1. The zero-order valence-electron chi connectivity index (χ0n) is 21.8. The van der Waals surface area contributed by atoms with Crippen LogP contribution < -0.4 is 5.32 Å². The second-order valence-electron chi connectivity index (χ2n) is 10.7. The first kappa shape index (κ1) is 28.3. The Kier molecular flexibility index (Phi) is 10.1. The summed E-state index contributed by atoms with van der Waals surface area (Å²) in [5.74, 6) is -0.268. The Morgan fingerprint density at radius 3 is 2.53 bits per heavy atom. The summed E-state index contributed by atoms with van der Waals surface area (Å²) >= 11 is 0. The van der Waals surface area contributed by atoms with Crippen LogP contribution in [-0.4, -0.2) is 76.8 Å². The normalized spacial score (nSPS) is 26.2. The third-order valence-corrected chi connectivity index (χ3v) is 7.56. The van der Waals surface area contributed by atoms with Crippen LogP contribution in [0, 0.1) is 17.3 Å². The molecule has 2 rings (SSSR count). The van der Waals surface area contributed by atoms with Crippen molar-refractivity contribution in [3.8, 4) is 0 Å². The predicted molar refractivity (Wildman–Crippen MR) is 134 cm³/mol. The minimum Gasteiger partial charge on any atom is -0.445 e. The highest BCUT2D eigenvalue weighted by Gasteiger charge is 2.49. The molecule has 0 aliphatic carbocycles. The highest BCUT2D eigenvalue weighted by Crippen LogP contribution is 2.39. The zero-order chi connectivity index (χ0) is 25.6. The van der Waals surface area contributed by atoms with Gasteiger partial charge in [0.1, 0.15) is 6.61 Å². The van der Waals surface area contributed by atoms with Crippen molar-refractivity contribution in [3.63, 3.8) is 0 Å². The van der Waals surface area contributed by atoms with Gasteiger partial charge in [0.15, 0.2) is 14.8 Å². The summed E-state index contributed by atoms with van der Waals surface area (Å²) in [5.41, 5.74) is 0.449. The van der Waals surface area contributed by atoms with Crippen LogP contribution in [-0.2, 0) is 23.5 Å². The number of amides is 2. The summed E-state index contributed by atoms with van der Waals surface area (Å²) in [6.07, 6.45) is 3.59. The van der Waals surface area contributed by atoms with E-state index in [1.807, 2.05) is 6.08 Å². The van der Waals surface area contributed by atoms with E-state index in [1.54, 1.807) is 18.9 Å². The zero-order valence-corrected chi connectivity index (χ0v) is 22.9. The van der Waals surface area contributed by atoms with Crippen molar-refractivity contribution in [2.45, 2.75) is 71.8 Å². The molecule has 2 heterocycles. The number of hydrogen-bond acceptors (Lipinski definition) is 6. The summed E-state index contributed by atoms with van der Waals surface area (Å²) in [7, 11) is 0.383. The average molecular weight is 495 g/mol. The van der Waals surface area contributed by atoms with E-state index in [-0.39, 0.29) is 60.2 Å². The third kappa shape index (κ3) is 7.26. The molecule has 34 heavy (non-hydrogen) atoms. The van der Waals surface area contributed by atoms with E-state index in [0.717, 1.165) is 0 Å². The number of allylic oxidation sites excluding steroid dienone is 1. The molecular formula is C25H42N2O6Si. The second-order valence-corrected chi connectivity index (χ2v) is 13.1. The van der Waals surface area contributed by atoms with Gasteiger partial charge in [0.25, 0.3) is 0 Å². The van der Waals surface area contributed by atoms with E-state index in [1.165, 1.54) is 6.08 Å². The minimum absolute atomic E-state index is 0.0109. The number of carbonyl (C=O) groups excluding carboxylic acids is 3. The summed E-state index contributed by atoms with van der Waals surface area (Å²) < 4.78 is 16.6. The van der Waals surface area contributed by atoms with Crippen LogP contribution in [0.25, 0.3) is 0 Å². The molecule has 2 fully saturated rings. The molecule has 0 radical (unpaired) electrons. The van der Waals surface area contributed by atoms with Gasteiger partial charge >= 0.3 is 6.09 Å². The van der Waals surface area contributed by atoms with E-state index in [2.05, 4.69) is 45.8 Å². The Labute approximate surface area is 205 Å². The number of ketones is 1. The molecule has 0 saturated carbocycles. The first-order valence-corrected chi connectivity index (χ1v) is 14.9. The maximum absolute atomic E-state index is 13.1. The summed E-state index contributed by atoms with van der Waals surface area (Å²) in [6, 6.07) is -0.501. The fourth-order valence-corrected chi connectivity index (χ4v) is 5.20. The first-order valence-electron chi connectivity index (χ1n) is 12.1. The molecule has 192 valence electrons. The smallest absolute Gasteiger partial charge is 0.410 e. The lowest BCUT2D eigenvalue weighted by Crippen LogP contribution is -2.63. The predicted octanol–water partition coefficient (Wildman–Crippen LogP) is 3.08. The van der Waals surface area contributed by atoms with Crippen molar-refractivity contribution in [1.82, 2.24) is 10.2 Å². The molecule has 9 heteroatoms. The van der Waals surface area contributed by atoms with Gasteiger partial charge in [-0.15, -0.1) is 0 Å². The Morgan fingerprint density at radius 2 is 2.00 bits per heavy atom. The van der Waals surface area contributed by atoms with Crippen LogP contribution in [0.2, 0.25) is 13.1 Å². The van der Waals surface area contributed by atoms with Crippen molar-refractivity contribution in [2.24, 2.45) is 17.3 Å². The highest BCUT2D eigenvalue weighted by atomic mass is 28.3. The number of rotatable bonds is 11. The van der Waals surface area contributed by atoms with E-state index in [0.29, 0.717) is 25.1 Å². The van der Waals surface area contributed by atoms with Gasteiger partial charge in [-0.2, -0.15) is 0 Å². The van der Waals surface area contributed by atoms with Crippen LogP contribution in [0.15, 0.2) is 24.3 Å². The number of nitrogens with zero attached hydrogens (tertiary/aromatic N) is 1. The lowest BCUT2D eigenvalue weighted by atomic mass is 9.66. The molecule has 0 bridgehead atoms. The summed E-state index contributed by atoms with van der Waals surface area (Å²) in [5, 5.41) is 2.93. The number of carbonyl (C=O) groups is 3. The Balaban J connectivity index is 2.10. The molecule has 5 atom stereocenters. The summed E-state index contributed by atoms with van der Waals surface area (Å²) in [6.45, 7) is 17.0. The SMILES string of the molecule is C=CCOC(=O)N1C[C@H](OC)C[C@H]1C=C(C)C(=O)C[C@H]1NC(=O)[C@H]1[C@@H](CO[SiH](C)C)C(C)(C)C. The molecule has 2 aliphatic rings. The first-order chi connectivity index (χ1) is 15.9. The van der Waals surface area contributed by atoms with Gasteiger partial charge in [-0.3, -0.25) is 14.5 Å². The van der Waals surface area contributed by atoms with Crippen molar-refractivity contribution < 1.29 is 28.3 Å². The number of likely N-dealkylation sites (tertiary alicyclic amines) is 1. The maximum Gasteiger partial charge on any atom is 0.410 e. The van der Waals surface area contributed by atoms with E-state index >= 15 is 0 Å². The Morgan fingerprint density at radius 1 is 1.32 bits per heavy atom. The van der Waals surface area contributed by atoms with Gasteiger partial charge < -0.3 is 19.2 Å². The third-order valence-electron chi connectivity index (χ3n) is 6.70. The standard InChI is InChI=1S/C25H42N2O6Si/c1-9-10-32-24(30)27-14-18(31-6)12-17(27)11-16(2)21(28)13-20-22(23(29)26-20)19(25(3,4)5)15-33-34(7)8/h9,11,17-20,22,34H,1,10,12-15H2,2-8H3,(H,26,29)/t17-,18-,19-,20-,22+/m1/s1. The molecule has 8 nitrogen and oxygen atoms in total. The van der Waals surface area contributed by atoms with Gasteiger partial charge in [0, 0.05) is 26.2 Å². The number of Topliss-reactive ketones (excluding diaryl/α,β-unsaturated/α-hetero) is 1. The summed E-state index contributed by atoms with van der Waals surface area (Å²) in [4.78, 5) is 39.7. The molecule has 2 aliphatic heterocycles. The van der Waals surface area contributed by atoms with Crippen molar-refractivity contribution in [1.29, 1.82) is 0 Å². The van der Waals surface area contributed by atoms with E-state index < -0.39 is 15.1 Å². The molecule has 2 amide bonds. The molecule has 2 saturated heterocycles. The van der Waals surface area contributed by atoms with Crippen molar-refractivity contribution >= 4 is 26.8 Å². The molecule has 0 aromatic heterocycles. The number of ether oxygens (including phenoxy) is 2. The lowest BCUT2D eigenvalue weighted by molar-refractivity contribution is -0.143. The second kappa shape index (κ2) is 12.1. The monoisotopic (exact) mass is 494 g/mol. The molecule has 1 N–H and O–H groups in total. The maximum atomic E-state index is 13.1. The minimum atomic E-state index is -1.23. The van der Waals surface area contributed by atoms with Crippen LogP contribution in [0.4, 0.5) is 4.79 Å². The van der Waals surface area contributed by atoms with Crippen LogP contribution >= 0.6 is 0 Å². The average Bonchev–Trinajstić information content (AvgIpc) is 3.16. The van der Waals surface area contributed by atoms with Crippen molar-refractivity contribution in [2.75, 3.05) is 26.9 Å². The molecular weight excluding hydrogens is 452 g/mol. The number of β-lactam (4-membered cyclic amide) rings is 1. The largest absolute Gasteiger partial charge is 0.445 e. The molecule has 0 aromatic carbocycles. The quantitative estimate of drug-likeness (QED) is 0.205. The van der Waals surface area contributed by atoms with Gasteiger partial charge in [-0.1, -0.05) is 39.5 Å².